The fourth-order valence-corrected chi connectivity index (χ4v) is 2.27. The van der Waals surface area contributed by atoms with E-state index in [1.54, 1.807) is 7.05 Å². The lowest BCUT2D eigenvalue weighted by molar-refractivity contribution is -0.124. The number of piperidine rings is 1. The standard InChI is InChI=1S/C13H26N4O2/c1-3-4-11(14)13(19)16-10-5-7-17(8-6-10)9-12(18)15-2/h10-11H,3-9,14H2,1-2H3,(H,15,18)(H,16,19)/t11-/m1/s1. The average molecular weight is 270 g/mol. The molecule has 1 heterocycles. The highest BCUT2D eigenvalue weighted by Crippen LogP contribution is 2.10. The highest BCUT2D eigenvalue weighted by molar-refractivity contribution is 5.81. The molecule has 0 saturated carbocycles. The van der Waals surface area contributed by atoms with Gasteiger partial charge in [0, 0.05) is 26.2 Å². The van der Waals surface area contributed by atoms with E-state index in [1.807, 2.05) is 6.92 Å². The van der Waals surface area contributed by atoms with Crippen molar-refractivity contribution < 1.29 is 9.59 Å². The summed E-state index contributed by atoms with van der Waals surface area (Å²) in [6.45, 7) is 4.12. The van der Waals surface area contributed by atoms with Crippen LogP contribution >= 0.6 is 0 Å². The van der Waals surface area contributed by atoms with Gasteiger partial charge in [0.15, 0.2) is 0 Å². The topological polar surface area (TPSA) is 87.5 Å². The van der Waals surface area contributed by atoms with E-state index >= 15 is 0 Å². The Balaban J connectivity index is 2.26. The summed E-state index contributed by atoms with van der Waals surface area (Å²) >= 11 is 0. The van der Waals surface area contributed by atoms with E-state index in [2.05, 4.69) is 15.5 Å². The predicted octanol–water partition coefficient (Wildman–Crippen LogP) is -0.560. The van der Waals surface area contributed by atoms with E-state index in [1.165, 1.54) is 0 Å². The first-order chi connectivity index (χ1) is 9.06. The van der Waals surface area contributed by atoms with Gasteiger partial charge >= 0.3 is 0 Å². The van der Waals surface area contributed by atoms with Crippen LogP contribution in [0.2, 0.25) is 0 Å². The molecule has 6 heteroatoms. The molecule has 0 bridgehead atoms. The van der Waals surface area contributed by atoms with Crippen LogP contribution < -0.4 is 16.4 Å². The van der Waals surface area contributed by atoms with Crippen molar-refractivity contribution in [3.63, 3.8) is 0 Å². The second kappa shape index (κ2) is 8.12. The molecule has 0 radical (unpaired) electrons. The first-order valence-electron chi connectivity index (χ1n) is 7.05. The van der Waals surface area contributed by atoms with Crippen LogP contribution in [0.15, 0.2) is 0 Å². The van der Waals surface area contributed by atoms with Gasteiger partial charge in [-0.3, -0.25) is 14.5 Å². The molecule has 19 heavy (non-hydrogen) atoms. The summed E-state index contributed by atoms with van der Waals surface area (Å²) in [6, 6.07) is -0.203. The van der Waals surface area contributed by atoms with Crippen LogP contribution in [0.4, 0.5) is 0 Å². The van der Waals surface area contributed by atoms with Crippen LogP contribution in [-0.2, 0) is 9.59 Å². The van der Waals surface area contributed by atoms with Crippen molar-refractivity contribution in [2.75, 3.05) is 26.7 Å². The summed E-state index contributed by atoms with van der Waals surface area (Å²) < 4.78 is 0. The number of hydrogen-bond donors (Lipinski definition) is 3. The molecule has 0 aromatic rings. The lowest BCUT2D eigenvalue weighted by Gasteiger charge is -2.32. The van der Waals surface area contributed by atoms with E-state index in [4.69, 9.17) is 5.73 Å². The molecule has 1 fully saturated rings. The van der Waals surface area contributed by atoms with Crippen molar-refractivity contribution in [3.05, 3.63) is 0 Å². The van der Waals surface area contributed by atoms with Crippen LogP contribution in [0.5, 0.6) is 0 Å². The Morgan fingerprint density at radius 1 is 1.37 bits per heavy atom. The summed E-state index contributed by atoms with van der Waals surface area (Å²) in [6.07, 6.45) is 3.39. The van der Waals surface area contributed by atoms with Gasteiger partial charge in [-0.25, -0.2) is 0 Å². The largest absolute Gasteiger partial charge is 0.358 e. The number of nitrogens with zero attached hydrogens (tertiary/aromatic N) is 1. The third-order valence-electron chi connectivity index (χ3n) is 3.52. The summed E-state index contributed by atoms with van der Waals surface area (Å²) in [5, 5.41) is 5.62. The molecule has 0 unspecified atom stereocenters. The van der Waals surface area contributed by atoms with E-state index < -0.39 is 6.04 Å². The molecular formula is C13H26N4O2. The zero-order valence-corrected chi connectivity index (χ0v) is 11.9. The molecule has 0 aromatic carbocycles. The van der Waals surface area contributed by atoms with Gasteiger partial charge in [0.25, 0.3) is 0 Å². The molecule has 1 atom stereocenters. The Labute approximate surface area is 115 Å². The summed E-state index contributed by atoms with van der Waals surface area (Å²) in [4.78, 5) is 25.2. The van der Waals surface area contributed by atoms with Crippen LogP contribution in [0.1, 0.15) is 32.6 Å². The molecule has 1 saturated heterocycles. The first kappa shape index (κ1) is 15.9. The van der Waals surface area contributed by atoms with Gasteiger partial charge in [-0.05, 0) is 19.3 Å². The summed E-state index contributed by atoms with van der Waals surface area (Å²) in [5.74, 6) is -0.0148. The predicted molar refractivity (Wildman–Crippen MR) is 74.6 cm³/mol. The van der Waals surface area contributed by atoms with Gasteiger partial charge in [-0.15, -0.1) is 0 Å². The molecule has 4 N–H and O–H groups in total. The van der Waals surface area contributed by atoms with E-state index in [9.17, 15) is 9.59 Å². The molecule has 0 aliphatic carbocycles. The van der Waals surface area contributed by atoms with Gasteiger partial charge in [0.05, 0.1) is 12.6 Å². The van der Waals surface area contributed by atoms with E-state index in [0.29, 0.717) is 6.54 Å². The highest BCUT2D eigenvalue weighted by atomic mass is 16.2. The monoisotopic (exact) mass is 270 g/mol. The number of amides is 2. The zero-order chi connectivity index (χ0) is 14.3. The number of nitrogens with one attached hydrogen (secondary N) is 2. The third kappa shape index (κ3) is 5.57. The molecule has 1 rings (SSSR count). The fourth-order valence-electron chi connectivity index (χ4n) is 2.27. The number of rotatable bonds is 6. The van der Waals surface area contributed by atoms with Gasteiger partial charge < -0.3 is 16.4 Å². The molecule has 6 nitrogen and oxygen atoms in total. The SMILES string of the molecule is CCC[C@@H](N)C(=O)NC1CCN(CC(=O)NC)CC1. The van der Waals surface area contributed by atoms with E-state index in [0.717, 1.165) is 38.8 Å². The number of likely N-dealkylation sites (tertiary alicyclic amines) is 1. The molecular weight excluding hydrogens is 244 g/mol. The third-order valence-corrected chi connectivity index (χ3v) is 3.52. The Hall–Kier alpha value is -1.14. The number of likely N-dealkylation sites (N-methyl/N-ethyl adjacent to an activating group) is 1. The minimum atomic E-state index is -0.395. The van der Waals surface area contributed by atoms with Gasteiger partial charge in [-0.1, -0.05) is 13.3 Å². The summed E-state index contributed by atoms with van der Waals surface area (Å²) in [5.41, 5.74) is 5.78. The second-order valence-corrected chi connectivity index (χ2v) is 5.13. The molecule has 110 valence electrons. The van der Waals surface area contributed by atoms with Gasteiger partial charge in [0.1, 0.15) is 0 Å². The minimum Gasteiger partial charge on any atom is -0.358 e. The maximum Gasteiger partial charge on any atom is 0.237 e. The molecule has 2 amide bonds. The molecule has 1 aliphatic rings. The smallest absolute Gasteiger partial charge is 0.237 e. The summed E-state index contributed by atoms with van der Waals surface area (Å²) in [7, 11) is 1.64. The van der Waals surface area contributed by atoms with Crippen molar-refractivity contribution in [2.45, 2.75) is 44.7 Å². The highest BCUT2D eigenvalue weighted by Gasteiger charge is 2.23. The Bertz CT molecular complexity index is 301. The van der Waals surface area contributed by atoms with Crippen LogP contribution in [0, 0.1) is 0 Å². The Morgan fingerprint density at radius 3 is 2.53 bits per heavy atom. The van der Waals surface area contributed by atoms with Gasteiger partial charge in [-0.2, -0.15) is 0 Å². The minimum absolute atomic E-state index is 0.0347. The van der Waals surface area contributed by atoms with E-state index in [-0.39, 0.29) is 17.9 Å². The van der Waals surface area contributed by atoms with Crippen molar-refractivity contribution in [1.82, 2.24) is 15.5 Å². The number of hydrogen-bond acceptors (Lipinski definition) is 4. The second-order valence-electron chi connectivity index (χ2n) is 5.13. The lowest BCUT2D eigenvalue weighted by atomic mass is 10.0. The van der Waals surface area contributed by atoms with Crippen LogP contribution in [0.3, 0.4) is 0 Å². The maximum absolute atomic E-state index is 11.8. The van der Waals surface area contributed by atoms with Crippen LogP contribution in [0.25, 0.3) is 0 Å². The van der Waals surface area contributed by atoms with Crippen molar-refractivity contribution in [1.29, 1.82) is 0 Å². The molecule has 0 aromatic heterocycles. The number of carbonyl (C=O) groups is 2. The number of carbonyl (C=O) groups excluding carboxylic acids is 2. The Kier molecular flexibility index (Phi) is 6.80. The quantitative estimate of drug-likeness (QED) is 0.604. The first-order valence-corrected chi connectivity index (χ1v) is 7.05. The zero-order valence-electron chi connectivity index (χ0n) is 11.9. The Morgan fingerprint density at radius 2 is 2.00 bits per heavy atom. The average Bonchev–Trinajstić information content (AvgIpc) is 2.41. The van der Waals surface area contributed by atoms with Crippen molar-refractivity contribution >= 4 is 11.8 Å². The molecule has 1 aliphatic heterocycles. The van der Waals surface area contributed by atoms with Gasteiger partial charge in [0.2, 0.25) is 11.8 Å². The number of nitrogens with two attached hydrogens (primary N) is 1. The van der Waals surface area contributed by atoms with Crippen molar-refractivity contribution in [3.8, 4) is 0 Å². The normalized spacial score (nSPS) is 18.9. The fraction of sp³-hybridized carbons (Fsp3) is 0.846. The molecule has 0 spiro atoms. The lowest BCUT2D eigenvalue weighted by Crippen LogP contribution is -2.50. The van der Waals surface area contributed by atoms with Crippen LogP contribution in [-0.4, -0.2) is 55.5 Å². The maximum atomic E-state index is 11.8. The van der Waals surface area contributed by atoms with Crippen molar-refractivity contribution in [2.24, 2.45) is 5.73 Å².